The third-order valence-corrected chi connectivity index (χ3v) is 5.21. The molecular formula is C15H30N2. The number of likely N-dealkylation sites (tertiary alicyclic amines) is 1. The van der Waals surface area contributed by atoms with Gasteiger partial charge < -0.3 is 5.73 Å². The molecule has 0 bridgehead atoms. The molecule has 0 radical (unpaired) electrons. The predicted octanol–water partition coefficient (Wildman–Crippen LogP) is 3.01. The molecule has 0 amide bonds. The largest absolute Gasteiger partial charge is 0.328 e. The van der Waals surface area contributed by atoms with E-state index in [1.165, 1.54) is 51.6 Å². The summed E-state index contributed by atoms with van der Waals surface area (Å²) in [4.78, 5) is 2.76. The molecule has 2 nitrogen and oxygen atoms in total. The summed E-state index contributed by atoms with van der Waals surface area (Å²) >= 11 is 0. The molecule has 0 spiro atoms. The number of rotatable bonds is 2. The number of nitrogens with two attached hydrogens (primary N) is 1. The van der Waals surface area contributed by atoms with Gasteiger partial charge in [0.05, 0.1) is 0 Å². The first kappa shape index (κ1) is 13.4. The van der Waals surface area contributed by atoms with Crippen molar-refractivity contribution in [1.82, 2.24) is 4.90 Å². The fourth-order valence-electron chi connectivity index (χ4n) is 3.91. The van der Waals surface area contributed by atoms with Gasteiger partial charge in [0.25, 0.3) is 0 Å². The Morgan fingerprint density at radius 3 is 2.29 bits per heavy atom. The lowest BCUT2D eigenvalue weighted by Gasteiger charge is -2.48. The SMILES string of the molecule is CC(N)C1CCN(C2CCCCC2(C)C)CC1. The van der Waals surface area contributed by atoms with Gasteiger partial charge in [0, 0.05) is 12.1 Å². The molecule has 1 aliphatic carbocycles. The average Bonchev–Trinajstić information content (AvgIpc) is 2.28. The van der Waals surface area contributed by atoms with Gasteiger partial charge in [-0.05, 0) is 57.0 Å². The van der Waals surface area contributed by atoms with Crippen molar-refractivity contribution >= 4 is 0 Å². The van der Waals surface area contributed by atoms with Gasteiger partial charge in [-0.3, -0.25) is 4.90 Å². The van der Waals surface area contributed by atoms with Crippen molar-refractivity contribution in [2.75, 3.05) is 13.1 Å². The van der Waals surface area contributed by atoms with Gasteiger partial charge in [0.2, 0.25) is 0 Å². The van der Waals surface area contributed by atoms with E-state index in [2.05, 4.69) is 25.7 Å². The molecule has 100 valence electrons. The Balaban J connectivity index is 1.91. The van der Waals surface area contributed by atoms with Gasteiger partial charge in [0.1, 0.15) is 0 Å². The first-order valence-electron chi connectivity index (χ1n) is 7.50. The van der Waals surface area contributed by atoms with Crippen LogP contribution in [0.25, 0.3) is 0 Å². The molecular weight excluding hydrogens is 208 g/mol. The Morgan fingerprint density at radius 2 is 1.76 bits per heavy atom. The topological polar surface area (TPSA) is 29.3 Å². The summed E-state index contributed by atoms with van der Waals surface area (Å²) in [7, 11) is 0. The Bertz CT molecular complexity index is 239. The molecule has 0 aromatic carbocycles. The van der Waals surface area contributed by atoms with Gasteiger partial charge in [0.15, 0.2) is 0 Å². The molecule has 0 aromatic rings. The number of hydrogen-bond donors (Lipinski definition) is 1. The highest BCUT2D eigenvalue weighted by atomic mass is 15.2. The normalized spacial score (nSPS) is 33.5. The van der Waals surface area contributed by atoms with Crippen molar-refractivity contribution < 1.29 is 0 Å². The lowest BCUT2D eigenvalue weighted by molar-refractivity contribution is 0.0229. The van der Waals surface area contributed by atoms with Crippen molar-refractivity contribution in [2.45, 2.75) is 71.4 Å². The van der Waals surface area contributed by atoms with E-state index in [0.29, 0.717) is 11.5 Å². The minimum absolute atomic E-state index is 0.386. The van der Waals surface area contributed by atoms with Crippen LogP contribution in [0.3, 0.4) is 0 Å². The minimum atomic E-state index is 0.386. The Kier molecular flexibility index (Phi) is 4.14. The molecule has 2 N–H and O–H groups in total. The second-order valence-corrected chi connectivity index (χ2v) is 6.98. The van der Waals surface area contributed by atoms with Crippen molar-refractivity contribution in [3.8, 4) is 0 Å². The first-order valence-corrected chi connectivity index (χ1v) is 7.50. The fraction of sp³-hybridized carbons (Fsp3) is 1.00. The predicted molar refractivity (Wildman–Crippen MR) is 74.0 cm³/mol. The molecule has 2 heteroatoms. The molecule has 1 aliphatic heterocycles. The molecule has 0 aromatic heterocycles. The summed E-state index contributed by atoms with van der Waals surface area (Å²) in [5, 5.41) is 0. The Labute approximate surface area is 107 Å². The van der Waals surface area contributed by atoms with Crippen LogP contribution >= 0.6 is 0 Å². The maximum absolute atomic E-state index is 6.03. The second kappa shape index (κ2) is 5.27. The van der Waals surface area contributed by atoms with E-state index in [1.54, 1.807) is 0 Å². The maximum Gasteiger partial charge on any atom is 0.0146 e. The highest BCUT2D eigenvalue weighted by Gasteiger charge is 2.37. The highest BCUT2D eigenvalue weighted by Crippen LogP contribution is 2.40. The van der Waals surface area contributed by atoms with E-state index < -0.39 is 0 Å². The van der Waals surface area contributed by atoms with Crippen LogP contribution in [0.4, 0.5) is 0 Å². The van der Waals surface area contributed by atoms with Gasteiger partial charge >= 0.3 is 0 Å². The Hall–Kier alpha value is -0.0800. The van der Waals surface area contributed by atoms with Gasteiger partial charge in [-0.25, -0.2) is 0 Å². The number of piperidine rings is 1. The van der Waals surface area contributed by atoms with Crippen LogP contribution in [0.5, 0.6) is 0 Å². The number of nitrogens with zero attached hydrogens (tertiary/aromatic N) is 1. The first-order chi connectivity index (χ1) is 8.00. The third kappa shape index (κ3) is 3.03. The van der Waals surface area contributed by atoms with E-state index in [4.69, 9.17) is 5.73 Å². The monoisotopic (exact) mass is 238 g/mol. The van der Waals surface area contributed by atoms with Crippen molar-refractivity contribution in [3.05, 3.63) is 0 Å². The standard InChI is InChI=1S/C15H30N2/c1-12(16)13-7-10-17(11-8-13)14-6-4-5-9-15(14,2)3/h12-14H,4-11,16H2,1-3H3. The van der Waals surface area contributed by atoms with Crippen molar-refractivity contribution in [1.29, 1.82) is 0 Å². The van der Waals surface area contributed by atoms with Gasteiger partial charge in [-0.1, -0.05) is 26.7 Å². The maximum atomic E-state index is 6.03. The zero-order valence-electron chi connectivity index (χ0n) is 11.9. The van der Waals surface area contributed by atoms with Gasteiger partial charge in [-0.15, -0.1) is 0 Å². The summed E-state index contributed by atoms with van der Waals surface area (Å²) in [6.45, 7) is 9.66. The molecule has 2 rings (SSSR count). The third-order valence-electron chi connectivity index (χ3n) is 5.21. The molecule has 2 unspecified atom stereocenters. The van der Waals surface area contributed by atoms with Crippen LogP contribution in [-0.2, 0) is 0 Å². The van der Waals surface area contributed by atoms with Crippen LogP contribution < -0.4 is 5.73 Å². The second-order valence-electron chi connectivity index (χ2n) is 6.98. The summed E-state index contributed by atoms with van der Waals surface area (Å²) in [6, 6.07) is 1.21. The molecule has 2 atom stereocenters. The van der Waals surface area contributed by atoms with E-state index in [1.807, 2.05) is 0 Å². The molecule has 2 fully saturated rings. The van der Waals surface area contributed by atoms with Crippen LogP contribution in [0, 0.1) is 11.3 Å². The summed E-state index contributed by atoms with van der Waals surface area (Å²) < 4.78 is 0. The van der Waals surface area contributed by atoms with Crippen LogP contribution in [0.2, 0.25) is 0 Å². The van der Waals surface area contributed by atoms with Crippen LogP contribution in [0.15, 0.2) is 0 Å². The minimum Gasteiger partial charge on any atom is -0.328 e. The summed E-state index contributed by atoms with van der Waals surface area (Å²) in [5.41, 5.74) is 6.55. The zero-order chi connectivity index (χ0) is 12.5. The quantitative estimate of drug-likeness (QED) is 0.801. The summed E-state index contributed by atoms with van der Waals surface area (Å²) in [5.74, 6) is 0.762. The lowest BCUT2D eigenvalue weighted by atomic mass is 9.72. The Morgan fingerprint density at radius 1 is 1.12 bits per heavy atom. The van der Waals surface area contributed by atoms with Gasteiger partial charge in [-0.2, -0.15) is 0 Å². The van der Waals surface area contributed by atoms with Crippen molar-refractivity contribution in [3.63, 3.8) is 0 Å². The molecule has 2 aliphatic rings. The fourth-order valence-corrected chi connectivity index (χ4v) is 3.91. The van der Waals surface area contributed by atoms with E-state index >= 15 is 0 Å². The van der Waals surface area contributed by atoms with E-state index in [9.17, 15) is 0 Å². The molecule has 17 heavy (non-hydrogen) atoms. The molecule has 1 heterocycles. The van der Waals surface area contributed by atoms with Crippen LogP contribution in [-0.4, -0.2) is 30.1 Å². The highest BCUT2D eigenvalue weighted by molar-refractivity contribution is 4.92. The smallest absolute Gasteiger partial charge is 0.0146 e. The van der Waals surface area contributed by atoms with E-state index in [0.717, 1.165) is 12.0 Å². The average molecular weight is 238 g/mol. The molecule has 1 saturated heterocycles. The van der Waals surface area contributed by atoms with E-state index in [-0.39, 0.29) is 0 Å². The van der Waals surface area contributed by atoms with Crippen molar-refractivity contribution in [2.24, 2.45) is 17.1 Å². The summed E-state index contributed by atoms with van der Waals surface area (Å²) in [6.07, 6.45) is 8.30. The molecule has 1 saturated carbocycles. The number of hydrogen-bond acceptors (Lipinski definition) is 2. The lowest BCUT2D eigenvalue weighted by Crippen LogP contribution is -2.51. The zero-order valence-corrected chi connectivity index (χ0v) is 11.9. The van der Waals surface area contributed by atoms with Crippen LogP contribution in [0.1, 0.15) is 59.3 Å².